The minimum Gasteiger partial charge on any atom is -0.478 e. The molecule has 1 aliphatic carbocycles. The summed E-state index contributed by atoms with van der Waals surface area (Å²) in [6.07, 6.45) is 7.05. The van der Waals surface area contributed by atoms with Crippen molar-refractivity contribution in [2.45, 2.75) is 58.4 Å². The van der Waals surface area contributed by atoms with Gasteiger partial charge >= 0.3 is 5.97 Å². The number of anilines is 1. The molecule has 1 unspecified atom stereocenters. The van der Waals surface area contributed by atoms with E-state index in [9.17, 15) is 9.90 Å². The second kappa shape index (κ2) is 5.36. The molecule has 1 N–H and O–H groups in total. The van der Waals surface area contributed by atoms with E-state index in [1.165, 1.54) is 31.4 Å². The number of nitrogens with zero attached hydrogens (tertiary/aromatic N) is 1. The van der Waals surface area contributed by atoms with E-state index >= 15 is 0 Å². The Hall–Kier alpha value is -1.51. The van der Waals surface area contributed by atoms with Crippen LogP contribution in [0.3, 0.4) is 0 Å². The average molecular weight is 287 g/mol. The van der Waals surface area contributed by atoms with Crippen LogP contribution in [0.4, 0.5) is 5.69 Å². The Morgan fingerprint density at radius 2 is 2.10 bits per heavy atom. The molecule has 0 spiro atoms. The van der Waals surface area contributed by atoms with E-state index in [4.69, 9.17) is 0 Å². The molecule has 1 aromatic rings. The number of carboxylic acids is 1. The Bertz CT molecular complexity index is 550. The molecule has 3 rings (SSSR count). The number of benzene rings is 1. The van der Waals surface area contributed by atoms with Crippen molar-refractivity contribution < 1.29 is 9.90 Å². The van der Waals surface area contributed by atoms with Gasteiger partial charge in [0.2, 0.25) is 0 Å². The normalized spacial score (nSPS) is 24.5. The van der Waals surface area contributed by atoms with Gasteiger partial charge in [0.05, 0.1) is 5.56 Å². The van der Waals surface area contributed by atoms with Crippen LogP contribution in [-0.2, 0) is 6.42 Å². The third-order valence-corrected chi connectivity index (χ3v) is 5.34. The molecule has 0 saturated heterocycles. The SMILES string of the molecule is CC1(C)CCCCC1N1CCCc2c(C(=O)O)cccc21. The Balaban J connectivity index is 2.01. The van der Waals surface area contributed by atoms with E-state index < -0.39 is 5.97 Å². The zero-order valence-electron chi connectivity index (χ0n) is 13.1. The van der Waals surface area contributed by atoms with Crippen LogP contribution in [0.25, 0.3) is 0 Å². The standard InChI is InChI=1S/C18H25NO2/c1-18(2)11-4-3-10-16(18)19-12-6-8-13-14(17(20)21)7-5-9-15(13)19/h5,7,9,16H,3-4,6,8,10-12H2,1-2H3,(H,20,21). The predicted octanol–water partition coefficient (Wildman–Crippen LogP) is 4.11. The smallest absolute Gasteiger partial charge is 0.336 e. The molecule has 3 nitrogen and oxygen atoms in total. The second-order valence-corrected chi connectivity index (χ2v) is 7.16. The summed E-state index contributed by atoms with van der Waals surface area (Å²) in [6, 6.07) is 6.30. The van der Waals surface area contributed by atoms with Crippen LogP contribution >= 0.6 is 0 Å². The molecule has 0 amide bonds. The minimum absolute atomic E-state index is 0.312. The summed E-state index contributed by atoms with van der Waals surface area (Å²) in [6.45, 7) is 5.79. The number of hydrogen-bond acceptors (Lipinski definition) is 2. The highest BCUT2D eigenvalue weighted by Crippen LogP contribution is 2.43. The Morgan fingerprint density at radius 1 is 1.29 bits per heavy atom. The van der Waals surface area contributed by atoms with Crippen LogP contribution in [0.5, 0.6) is 0 Å². The van der Waals surface area contributed by atoms with Crippen molar-refractivity contribution in [1.82, 2.24) is 0 Å². The van der Waals surface area contributed by atoms with Gasteiger partial charge in [-0.2, -0.15) is 0 Å². The van der Waals surface area contributed by atoms with Crippen LogP contribution in [-0.4, -0.2) is 23.7 Å². The number of rotatable bonds is 2. The second-order valence-electron chi connectivity index (χ2n) is 7.16. The van der Waals surface area contributed by atoms with Gasteiger partial charge in [0.25, 0.3) is 0 Å². The van der Waals surface area contributed by atoms with Gasteiger partial charge in [-0.15, -0.1) is 0 Å². The number of aromatic carboxylic acids is 1. The van der Waals surface area contributed by atoms with Crippen LogP contribution in [0, 0.1) is 5.41 Å². The van der Waals surface area contributed by atoms with E-state index in [-0.39, 0.29) is 0 Å². The summed E-state index contributed by atoms with van der Waals surface area (Å²) >= 11 is 0. The van der Waals surface area contributed by atoms with Crippen molar-refractivity contribution >= 4 is 11.7 Å². The maximum atomic E-state index is 11.5. The molecule has 0 bridgehead atoms. The van der Waals surface area contributed by atoms with Gasteiger partial charge in [0.1, 0.15) is 0 Å². The highest BCUT2D eigenvalue weighted by atomic mass is 16.4. The van der Waals surface area contributed by atoms with Gasteiger partial charge in [-0.3, -0.25) is 0 Å². The lowest BCUT2D eigenvalue weighted by atomic mass is 9.72. The molecule has 21 heavy (non-hydrogen) atoms. The zero-order chi connectivity index (χ0) is 15.0. The van der Waals surface area contributed by atoms with E-state index in [1.807, 2.05) is 6.07 Å². The molecule has 114 valence electrons. The van der Waals surface area contributed by atoms with Crippen molar-refractivity contribution in [3.63, 3.8) is 0 Å². The number of carboxylic acid groups (broad SMARTS) is 1. The number of hydrogen-bond donors (Lipinski definition) is 1. The highest BCUT2D eigenvalue weighted by molar-refractivity contribution is 5.91. The summed E-state index contributed by atoms with van der Waals surface area (Å²) in [5, 5.41) is 9.42. The van der Waals surface area contributed by atoms with Gasteiger partial charge in [-0.05, 0) is 48.8 Å². The van der Waals surface area contributed by atoms with Crippen molar-refractivity contribution in [2.24, 2.45) is 5.41 Å². The lowest BCUT2D eigenvalue weighted by Gasteiger charge is -2.48. The third-order valence-electron chi connectivity index (χ3n) is 5.34. The Labute approximate surface area is 127 Å². The molecule has 3 heteroatoms. The monoisotopic (exact) mass is 287 g/mol. The Kier molecular flexibility index (Phi) is 3.68. The molecule has 2 aliphatic rings. The quantitative estimate of drug-likeness (QED) is 0.890. The van der Waals surface area contributed by atoms with Crippen LogP contribution < -0.4 is 4.90 Å². The number of carbonyl (C=O) groups is 1. The first-order valence-corrected chi connectivity index (χ1v) is 8.12. The van der Waals surface area contributed by atoms with Crippen LogP contribution in [0.2, 0.25) is 0 Å². The molecule has 1 fully saturated rings. The molecule has 1 saturated carbocycles. The molecule has 1 atom stereocenters. The lowest BCUT2D eigenvalue weighted by molar-refractivity contribution is 0.0695. The largest absolute Gasteiger partial charge is 0.478 e. The van der Waals surface area contributed by atoms with E-state index in [1.54, 1.807) is 6.07 Å². The first kappa shape index (κ1) is 14.4. The van der Waals surface area contributed by atoms with Gasteiger partial charge in [-0.25, -0.2) is 4.79 Å². The Morgan fingerprint density at radius 3 is 2.81 bits per heavy atom. The fraction of sp³-hybridized carbons (Fsp3) is 0.611. The molecule has 1 heterocycles. The topological polar surface area (TPSA) is 40.5 Å². The van der Waals surface area contributed by atoms with Gasteiger partial charge < -0.3 is 10.0 Å². The van der Waals surface area contributed by atoms with Crippen LogP contribution in [0.15, 0.2) is 18.2 Å². The molecular formula is C18H25NO2. The number of fused-ring (bicyclic) bond motifs is 1. The summed E-state index contributed by atoms with van der Waals surface area (Å²) in [4.78, 5) is 14.0. The van der Waals surface area contributed by atoms with Gasteiger partial charge in [0, 0.05) is 18.3 Å². The van der Waals surface area contributed by atoms with Crippen molar-refractivity contribution in [1.29, 1.82) is 0 Å². The minimum atomic E-state index is -0.795. The van der Waals surface area contributed by atoms with Crippen molar-refractivity contribution in [3.8, 4) is 0 Å². The first-order chi connectivity index (χ1) is 10.0. The summed E-state index contributed by atoms with van der Waals surface area (Å²) in [7, 11) is 0. The fourth-order valence-corrected chi connectivity index (χ4v) is 4.23. The molecule has 1 aromatic carbocycles. The average Bonchev–Trinajstić information content (AvgIpc) is 2.45. The maximum Gasteiger partial charge on any atom is 0.336 e. The first-order valence-electron chi connectivity index (χ1n) is 8.12. The lowest BCUT2D eigenvalue weighted by Crippen LogP contribution is -2.49. The van der Waals surface area contributed by atoms with Gasteiger partial charge in [-0.1, -0.05) is 32.8 Å². The van der Waals surface area contributed by atoms with E-state index in [0.717, 1.165) is 24.9 Å². The van der Waals surface area contributed by atoms with Crippen molar-refractivity contribution in [3.05, 3.63) is 29.3 Å². The van der Waals surface area contributed by atoms with Crippen molar-refractivity contribution in [2.75, 3.05) is 11.4 Å². The van der Waals surface area contributed by atoms with E-state index in [0.29, 0.717) is 17.0 Å². The molecule has 0 radical (unpaired) electrons. The molecule has 0 aromatic heterocycles. The zero-order valence-corrected chi connectivity index (χ0v) is 13.1. The fourth-order valence-electron chi connectivity index (χ4n) is 4.23. The molecular weight excluding hydrogens is 262 g/mol. The maximum absolute atomic E-state index is 11.5. The predicted molar refractivity (Wildman–Crippen MR) is 85.1 cm³/mol. The molecule has 1 aliphatic heterocycles. The summed E-state index contributed by atoms with van der Waals surface area (Å²) in [5.74, 6) is -0.795. The van der Waals surface area contributed by atoms with Crippen LogP contribution in [0.1, 0.15) is 61.9 Å². The van der Waals surface area contributed by atoms with E-state index in [2.05, 4.69) is 24.8 Å². The highest BCUT2D eigenvalue weighted by Gasteiger charge is 2.38. The van der Waals surface area contributed by atoms with Gasteiger partial charge in [0.15, 0.2) is 0 Å². The summed E-state index contributed by atoms with van der Waals surface area (Å²) in [5.41, 5.74) is 3.01. The summed E-state index contributed by atoms with van der Waals surface area (Å²) < 4.78 is 0. The third kappa shape index (κ3) is 2.54.